The molecule has 0 saturated heterocycles. The number of carbonyl (C=O) groups is 1. The van der Waals surface area contributed by atoms with Crippen molar-refractivity contribution in [3.63, 3.8) is 0 Å². The number of rotatable bonds is 4. The molecule has 0 atom stereocenters. The van der Waals surface area contributed by atoms with Gasteiger partial charge in [-0.15, -0.1) is 0 Å². The lowest BCUT2D eigenvalue weighted by Crippen LogP contribution is -2.23. The predicted octanol–water partition coefficient (Wildman–Crippen LogP) is 1.98. The minimum absolute atomic E-state index is 0.0768. The molecule has 4 nitrogen and oxygen atoms in total. The first-order valence-corrected chi connectivity index (χ1v) is 5.87. The third-order valence-electron chi connectivity index (χ3n) is 2.56. The average molecular weight is 278 g/mol. The lowest BCUT2D eigenvalue weighted by molar-refractivity contribution is 0.0950. The summed E-state index contributed by atoms with van der Waals surface area (Å²) in [6, 6.07) is 5.94. The Morgan fingerprint density at radius 2 is 2.16 bits per heavy atom. The Labute approximate surface area is 114 Å². The van der Waals surface area contributed by atoms with Crippen LogP contribution in [-0.4, -0.2) is 10.9 Å². The van der Waals surface area contributed by atoms with Gasteiger partial charge in [-0.05, 0) is 12.1 Å². The van der Waals surface area contributed by atoms with E-state index in [4.69, 9.17) is 22.4 Å². The van der Waals surface area contributed by atoms with Crippen molar-refractivity contribution in [1.82, 2.24) is 5.32 Å². The zero-order chi connectivity index (χ0) is 13.8. The maximum atomic E-state index is 13.7. The van der Waals surface area contributed by atoms with E-state index >= 15 is 0 Å². The standard InChI is InChI=1S/C13H11FN2O2S/c14-11-5-8(12(15)19)1-2-9(11)6-16-13(17)10-3-4-18-7-10/h1-5,7H,6H2,(H2,15,19)(H,16,17). The van der Waals surface area contributed by atoms with E-state index in [9.17, 15) is 9.18 Å². The van der Waals surface area contributed by atoms with Gasteiger partial charge in [0.15, 0.2) is 0 Å². The molecule has 1 amide bonds. The number of hydrogen-bond donors (Lipinski definition) is 2. The lowest BCUT2D eigenvalue weighted by Gasteiger charge is -2.06. The first kappa shape index (κ1) is 13.2. The van der Waals surface area contributed by atoms with E-state index in [1.165, 1.54) is 24.7 Å². The van der Waals surface area contributed by atoms with Crippen LogP contribution in [0.25, 0.3) is 0 Å². The first-order chi connectivity index (χ1) is 9.08. The molecule has 0 unspecified atom stereocenters. The maximum absolute atomic E-state index is 13.7. The molecule has 1 aromatic heterocycles. The molecule has 2 aromatic rings. The molecule has 0 aliphatic carbocycles. The van der Waals surface area contributed by atoms with Crippen LogP contribution < -0.4 is 11.1 Å². The van der Waals surface area contributed by atoms with E-state index in [-0.39, 0.29) is 17.4 Å². The summed E-state index contributed by atoms with van der Waals surface area (Å²) in [7, 11) is 0. The van der Waals surface area contributed by atoms with Crippen LogP contribution >= 0.6 is 12.2 Å². The summed E-state index contributed by atoms with van der Waals surface area (Å²) >= 11 is 4.76. The van der Waals surface area contributed by atoms with E-state index in [0.29, 0.717) is 16.7 Å². The van der Waals surface area contributed by atoms with E-state index < -0.39 is 5.82 Å². The molecule has 0 spiro atoms. The molecule has 3 N–H and O–H groups in total. The van der Waals surface area contributed by atoms with Crippen LogP contribution in [-0.2, 0) is 6.54 Å². The Bertz CT molecular complexity index is 611. The van der Waals surface area contributed by atoms with Crippen LogP contribution in [0.15, 0.2) is 41.2 Å². The maximum Gasteiger partial charge on any atom is 0.254 e. The zero-order valence-corrected chi connectivity index (χ0v) is 10.7. The van der Waals surface area contributed by atoms with E-state index in [2.05, 4.69) is 5.32 Å². The van der Waals surface area contributed by atoms with Crippen molar-refractivity contribution in [1.29, 1.82) is 0 Å². The molecular weight excluding hydrogens is 267 g/mol. The number of hydrogen-bond acceptors (Lipinski definition) is 3. The highest BCUT2D eigenvalue weighted by molar-refractivity contribution is 7.80. The second kappa shape index (κ2) is 5.62. The zero-order valence-electron chi connectivity index (χ0n) is 9.85. The molecule has 0 bridgehead atoms. The number of amides is 1. The Morgan fingerprint density at radius 3 is 2.74 bits per heavy atom. The number of furan rings is 1. The average Bonchev–Trinajstić information content (AvgIpc) is 2.90. The topological polar surface area (TPSA) is 68.3 Å². The molecule has 0 radical (unpaired) electrons. The quantitative estimate of drug-likeness (QED) is 0.839. The SMILES string of the molecule is NC(=S)c1ccc(CNC(=O)c2ccoc2)c(F)c1. The van der Waals surface area contributed by atoms with Crippen LogP contribution in [0, 0.1) is 5.82 Å². The number of thiocarbonyl (C=S) groups is 1. The van der Waals surface area contributed by atoms with E-state index in [1.807, 2.05) is 0 Å². The summed E-state index contributed by atoms with van der Waals surface area (Å²) in [5.41, 5.74) is 6.61. The van der Waals surface area contributed by atoms with Crippen molar-refractivity contribution in [2.45, 2.75) is 6.54 Å². The van der Waals surface area contributed by atoms with Crippen LogP contribution in [0.1, 0.15) is 21.5 Å². The molecule has 19 heavy (non-hydrogen) atoms. The van der Waals surface area contributed by atoms with Crippen molar-refractivity contribution >= 4 is 23.1 Å². The number of benzene rings is 1. The third kappa shape index (κ3) is 3.17. The molecule has 98 valence electrons. The summed E-state index contributed by atoms with van der Waals surface area (Å²) in [6.45, 7) is 0.0768. The summed E-state index contributed by atoms with van der Waals surface area (Å²) in [4.78, 5) is 11.8. The van der Waals surface area contributed by atoms with Crippen molar-refractivity contribution in [3.05, 3.63) is 59.3 Å². The molecule has 0 fully saturated rings. The fraction of sp³-hybridized carbons (Fsp3) is 0.0769. The summed E-state index contributed by atoms with van der Waals surface area (Å²) < 4.78 is 18.5. The first-order valence-electron chi connectivity index (χ1n) is 5.46. The molecule has 1 aromatic carbocycles. The highest BCUT2D eigenvalue weighted by Gasteiger charge is 2.09. The van der Waals surface area contributed by atoms with Crippen molar-refractivity contribution < 1.29 is 13.6 Å². The molecule has 2 rings (SSSR count). The van der Waals surface area contributed by atoms with Crippen LogP contribution in [0.5, 0.6) is 0 Å². The van der Waals surface area contributed by atoms with Gasteiger partial charge < -0.3 is 15.5 Å². The monoisotopic (exact) mass is 278 g/mol. The highest BCUT2D eigenvalue weighted by atomic mass is 32.1. The Balaban J connectivity index is 2.04. The molecule has 0 saturated carbocycles. The molecular formula is C13H11FN2O2S. The molecule has 0 aliphatic rings. The fourth-order valence-corrected chi connectivity index (χ4v) is 1.64. The van der Waals surface area contributed by atoms with Gasteiger partial charge in [0.2, 0.25) is 0 Å². The second-order valence-corrected chi connectivity index (χ2v) is 4.30. The van der Waals surface area contributed by atoms with Gasteiger partial charge in [-0.2, -0.15) is 0 Å². The Hall–Kier alpha value is -2.21. The minimum atomic E-state index is -0.460. The fourth-order valence-electron chi connectivity index (χ4n) is 1.52. The van der Waals surface area contributed by atoms with Crippen molar-refractivity contribution in [3.8, 4) is 0 Å². The van der Waals surface area contributed by atoms with Gasteiger partial charge in [0.25, 0.3) is 5.91 Å². The van der Waals surface area contributed by atoms with Gasteiger partial charge in [-0.1, -0.05) is 24.4 Å². The summed E-state index contributed by atoms with van der Waals surface area (Å²) in [5.74, 6) is -0.788. The normalized spacial score (nSPS) is 10.2. The number of nitrogens with two attached hydrogens (primary N) is 1. The molecule has 0 aliphatic heterocycles. The highest BCUT2D eigenvalue weighted by Crippen LogP contribution is 2.11. The third-order valence-corrected chi connectivity index (χ3v) is 2.80. The Morgan fingerprint density at radius 1 is 1.37 bits per heavy atom. The smallest absolute Gasteiger partial charge is 0.254 e. The van der Waals surface area contributed by atoms with Crippen LogP contribution in [0.4, 0.5) is 4.39 Å². The van der Waals surface area contributed by atoms with Gasteiger partial charge in [-0.3, -0.25) is 4.79 Å². The van der Waals surface area contributed by atoms with Crippen molar-refractivity contribution in [2.24, 2.45) is 5.73 Å². The minimum Gasteiger partial charge on any atom is -0.472 e. The van der Waals surface area contributed by atoms with Gasteiger partial charge in [0.05, 0.1) is 11.8 Å². The Kier molecular flexibility index (Phi) is 3.91. The lowest BCUT2D eigenvalue weighted by atomic mass is 10.1. The van der Waals surface area contributed by atoms with Gasteiger partial charge in [0.1, 0.15) is 17.1 Å². The summed E-state index contributed by atoms with van der Waals surface area (Å²) in [5, 5.41) is 2.59. The van der Waals surface area contributed by atoms with Gasteiger partial charge in [0, 0.05) is 17.7 Å². The van der Waals surface area contributed by atoms with E-state index in [0.717, 1.165) is 0 Å². The van der Waals surface area contributed by atoms with Crippen LogP contribution in [0.2, 0.25) is 0 Å². The second-order valence-electron chi connectivity index (χ2n) is 3.87. The summed E-state index contributed by atoms with van der Waals surface area (Å²) in [6.07, 6.45) is 2.72. The molecule has 6 heteroatoms. The number of halogens is 1. The van der Waals surface area contributed by atoms with Gasteiger partial charge in [-0.25, -0.2) is 4.39 Å². The van der Waals surface area contributed by atoms with Crippen molar-refractivity contribution in [2.75, 3.05) is 0 Å². The molecule has 1 heterocycles. The predicted molar refractivity (Wildman–Crippen MR) is 72.2 cm³/mol. The van der Waals surface area contributed by atoms with Crippen LogP contribution in [0.3, 0.4) is 0 Å². The van der Waals surface area contributed by atoms with Gasteiger partial charge >= 0.3 is 0 Å². The number of carbonyl (C=O) groups excluding carboxylic acids is 1. The van der Waals surface area contributed by atoms with E-state index in [1.54, 1.807) is 12.1 Å². The largest absolute Gasteiger partial charge is 0.472 e. The number of nitrogens with one attached hydrogen (secondary N) is 1.